The smallest absolute Gasteiger partial charge is 0.328 e. The molecule has 2 heterocycles. The first-order valence-corrected chi connectivity index (χ1v) is 12.0. The number of hydrogen-bond donors (Lipinski definition) is 5. The molecule has 0 aromatic heterocycles. The van der Waals surface area contributed by atoms with Crippen molar-refractivity contribution in [2.24, 2.45) is 0 Å². The molecule has 2 aliphatic rings. The van der Waals surface area contributed by atoms with Crippen LogP contribution in [0.25, 0.3) is 0 Å². The number of nitrogens with one attached hydrogen (secondary N) is 1. The van der Waals surface area contributed by atoms with Crippen LogP contribution in [-0.4, -0.2) is 82.2 Å². The van der Waals surface area contributed by atoms with E-state index < -0.39 is 30.6 Å². The van der Waals surface area contributed by atoms with Crippen LogP contribution in [0.5, 0.6) is 11.5 Å². The highest BCUT2D eigenvalue weighted by Crippen LogP contribution is 2.44. The number of nitrogens with zero attached hydrogens (tertiary/aromatic N) is 1. The summed E-state index contributed by atoms with van der Waals surface area (Å²) < 4.78 is 11.8. The number of aliphatic hydroxyl groups excluding tert-OH is 2. The number of aliphatic hydroxyl groups is 2. The molecule has 1 spiro atoms. The predicted molar refractivity (Wildman–Crippen MR) is 129 cm³/mol. The van der Waals surface area contributed by atoms with Crippen molar-refractivity contribution in [2.75, 3.05) is 32.8 Å². The fourth-order valence-corrected chi connectivity index (χ4v) is 4.90. The van der Waals surface area contributed by atoms with E-state index in [4.69, 9.17) is 31.3 Å². The number of aromatic hydroxyl groups is 1. The summed E-state index contributed by atoms with van der Waals surface area (Å²) in [6, 6.07) is 8.12. The fourth-order valence-electron chi connectivity index (χ4n) is 4.71. The number of amides is 1. The number of carbonyl (C=O) groups is 2. The van der Waals surface area contributed by atoms with Gasteiger partial charge in [0.15, 0.2) is 6.04 Å². The first-order chi connectivity index (χ1) is 17.2. The van der Waals surface area contributed by atoms with Crippen molar-refractivity contribution in [3.05, 3.63) is 58.1 Å². The number of carboxylic acid groups (broad SMARTS) is 1. The molecule has 1 unspecified atom stereocenters. The second-order valence-electron chi connectivity index (χ2n) is 9.08. The second kappa shape index (κ2) is 11.0. The Kier molecular flexibility index (Phi) is 8.01. The van der Waals surface area contributed by atoms with Crippen molar-refractivity contribution in [2.45, 2.75) is 37.2 Å². The van der Waals surface area contributed by atoms with Crippen LogP contribution < -0.4 is 10.1 Å². The molecule has 5 N–H and O–H groups in total. The van der Waals surface area contributed by atoms with Gasteiger partial charge in [0.25, 0.3) is 5.91 Å². The minimum absolute atomic E-state index is 0.0131. The number of phenolic OH excluding ortho intramolecular Hbond substituents is 1. The van der Waals surface area contributed by atoms with E-state index in [1.807, 2.05) is 18.2 Å². The maximum atomic E-state index is 12.5. The Labute approximate surface area is 213 Å². The number of β-amino-alcohol motifs (C(OH)–C–C–N with tert-alkyl or cyclic N) is 1. The fraction of sp³-hybridized carbons (Fsp3) is 0.440. The summed E-state index contributed by atoms with van der Waals surface area (Å²) in [5, 5.41) is 41.5. The third-order valence-corrected chi connectivity index (χ3v) is 6.86. The molecule has 2 aromatic rings. The molecule has 1 fully saturated rings. The number of fused-ring (bicyclic) bond motifs is 2. The summed E-state index contributed by atoms with van der Waals surface area (Å²) in [5.41, 5.74) is 1.93. The Balaban J connectivity index is 1.32. The first-order valence-electron chi connectivity index (χ1n) is 11.6. The number of ether oxygens (including phenoxy) is 2. The number of aliphatic carboxylic acids is 1. The molecule has 0 saturated carbocycles. The van der Waals surface area contributed by atoms with Gasteiger partial charge >= 0.3 is 5.97 Å². The van der Waals surface area contributed by atoms with Crippen LogP contribution in [0.15, 0.2) is 36.4 Å². The zero-order valence-corrected chi connectivity index (χ0v) is 20.3. The van der Waals surface area contributed by atoms with E-state index in [1.165, 1.54) is 23.8 Å². The van der Waals surface area contributed by atoms with Gasteiger partial charge in [-0.25, -0.2) is 4.79 Å². The van der Waals surface area contributed by atoms with Gasteiger partial charge in [0.05, 0.1) is 24.4 Å². The van der Waals surface area contributed by atoms with E-state index in [-0.39, 0.29) is 29.3 Å². The summed E-state index contributed by atoms with van der Waals surface area (Å²) in [6.45, 7) is 1.39. The maximum absolute atomic E-state index is 12.5. The van der Waals surface area contributed by atoms with Crippen LogP contribution in [0.4, 0.5) is 0 Å². The highest BCUT2D eigenvalue weighted by Gasteiger charge is 2.42. The van der Waals surface area contributed by atoms with Crippen molar-refractivity contribution < 1.29 is 39.5 Å². The molecule has 4 rings (SSSR count). The largest absolute Gasteiger partial charge is 0.508 e. The molecular weight excluding hydrogens is 492 g/mol. The molecule has 0 bridgehead atoms. The van der Waals surface area contributed by atoms with Gasteiger partial charge in [-0.1, -0.05) is 17.7 Å². The molecule has 10 nitrogen and oxygen atoms in total. The lowest BCUT2D eigenvalue weighted by atomic mass is 9.84. The van der Waals surface area contributed by atoms with Crippen molar-refractivity contribution in [3.63, 3.8) is 0 Å². The van der Waals surface area contributed by atoms with E-state index in [0.717, 1.165) is 31.5 Å². The molecule has 1 saturated heterocycles. The van der Waals surface area contributed by atoms with Crippen LogP contribution in [0.3, 0.4) is 0 Å². The summed E-state index contributed by atoms with van der Waals surface area (Å²) >= 11 is 6.11. The van der Waals surface area contributed by atoms with Gasteiger partial charge in [-0.3, -0.25) is 4.79 Å². The predicted octanol–water partition coefficient (Wildman–Crippen LogP) is 1.48. The van der Waals surface area contributed by atoms with E-state index in [9.17, 15) is 19.8 Å². The molecule has 194 valence electrons. The standard InChI is InChI=1S/C25H29ClN2O8/c26-16-1-4-20-15(9-16)13-36-25(20)5-7-28(8-6-25)11-18(31)14-35-22-10-17(30)2-3-19(22)23(32)27-21(12-29)24(33)34/h1-4,9-10,18,21,29-31H,5-8,11-14H2,(H,27,32)(H,33,34)/t18-,21?/m0/s1. The van der Waals surface area contributed by atoms with Gasteiger partial charge in [0.2, 0.25) is 0 Å². The average molecular weight is 521 g/mol. The normalized spacial score (nSPS) is 18.4. The molecular formula is C25H29ClN2O8. The zero-order valence-electron chi connectivity index (χ0n) is 19.5. The average Bonchev–Trinajstić information content (AvgIpc) is 3.19. The van der Waals surface area contributed by atoms with E-state index in [1.54, 1.807) is 0 Å². The Morgan fingerprint density at radius 1 is 1.19 bits per heavy atom. The third kappa shape index (κ3) is 5.74. The zero-order chi connectivity index (χ0) is 25.9. The second-order valence-corrected chi connectivity index (χ2v) is 9.51. The van der Waals surface area contributed by atoms with E-state index >= 15 is 0 Å². The number of halogens is 1. The Morgan fingerprint density at radius 3 is 2.64 bits per heavy atom. The highest BCUT2D eigenvalue weighted by molar-refractivity contribution is 6.30. The van der Waals surface area contributed by atoms with Crippen molar-refractivity contribution in [1.82, 2.24) is 10.2 Å². The summed E-state index contributed by atoms with van der Waals surface area (Å²) in [4.78, 5) is 25.7. The molecule has 0 radical (unpaired) electrons. The van der Waals surface area contributed by atoms with Gasteiger partial charge < -0.3 is 40.1 Å². The summed E-state index contributed by atoms with van der Waals surface area (Å²) in [5.74, 6) is -2.35. The molecule has 2 aliphatic heterocycles. The number of likely N-dealkylation sites (tertiary alicyclic amines) is 1. The van der Waals surface area contributed by atoms with Gasteiger partial charge in [0, 0.05) is 30.7 Å². The van der Waals surface area contributed by atoms with Crippen LogP contribution in [-0.2, 0) is 21.7 Å². The number of carbonyl (C=O) groups excluding carboxylic acids is 1. The monoisotopic (exact) mass is 520 g/mol. The van der Waals surface area contributed by atoms with E-state index in [2.05, 4.69) is 10.2 Å². The minimum atomic E-state index is -1.49. The molecule has 2 aromatic carbocycles. The lowest BCUT2D eigenvalue weighted by Crippen LogP contribution is -2.46. The summed E-state index contributed by atoms with van der Waals surface area (Å²) in [6.07, 6.45) is 0.681. The van der Waals surface area contributed by atoms with Crippen LogP contribution in [0.1, 0.15) is 34.3 Å². The number of benzene rings is 2. The van der Waals surface area contributed by atoms with E-state index in [0.29, 0.717) is 18.2 Å². The van der Waals surface area contributed by atoms with Crippen molar-refractivity contribution in [3.8, 4) is 11.5 Å². The number of hydrogen-bond acceptors (Lipinski definition) is 8. The Bertz CT molecular complexity index is 1120. The maximum Gasteiger partial charge on any atom is 0.328 e. The van der Waals surface area contributed by atoms with Gasteiger partial charge in [-0.2, -0.15) is 0 Å². The molecule has 2 atom stereocenters. The van der Waals surface area contributed by atoms with Gasteiger partial charge in [0.1, 0.15) is 24.2 Å². The molecule has 1 amide bonds. The topological polar surface area (TPSA) is 149 Å². The van der Waals surface area contributed by atoms with Crippen molar-refractivity contribution >= 4 is 23.5 Å². The highest BCUT2D eigenvalue weighted by atomic mass is 35.5. The Hall–Kier alpha value is -2.89. The number of phenols is 1. The Morgan fingerprint density at radius 2 is 1.94 bits per heavy atom. The molecule has 11 heteroatoms. The third-order valence-electron chi connectivity index (χ3n) is 6.62. The van der Waals surface area contributed by atoms with Gasteiger partial charge in [-0.05, 0) is 48.2 Å². The van der Waals surface area contributed by atoms with Crippen molar-refractivity contribution in [1.29, 1.82) is 0 Å². The quantitative estimate of drug-likeness (QED) is 0.331. The van der Waals surface area contributed by atoms with Crippen LogP contribution in [0.2, 0.25) is 5.02 Å². The van der Waals surface area contributed by atoms with Crippen LogP contribution in [0, 0.1) is 0 Å². The number of piperidine rings is 1. The first kappa shape index (κ1) is 26.2. The minimum Gasteiger partial charge on any atom is -0.508 e. The number of carboxylic acids is 1. The SMILES string of the molecule is O=C(NC(CO)C(=O)O)c1ccc(O)cc1OC[C@@H](O)CN1CCC2(CC1)OCc1cc(Cl)ccc12. The summed E-state index contributed by atoms with van der Waals surface area (Å²) in [7, 11) is 0. The lowest BCUT2D eigenvalue weighted by Gasteiger charge is -2.39. The number of rotatable bonds is 9. The molecule has 0 aliphatic carbocycles. The molecule has 36 heavy (non-hydrogen) atoms. The van der Waals surface area contributed by atoms with Crippen LogP contribution >= 0.6 is 11.6 Å². The van der Waals surface area contributed by atoms with Gasteiger partial charge in [-0.15, -0.1) is 0 Å². The lowest BCUT2D eigenvalue weighted by molar-refractivity contribution is -0.140.